The number of benzene rings is 2. The number of carbonyl (C=O) groups excluding carboxylic acids is 2. The molecule has 2 aromatic rings. The van der Waals surface area contributed by atoms with Gasteiger partial charge in [0.15, 0.2) is 0 Å². The molecule has 2 atom stereocenters. The largest absolute Gasteiger partial charge is 0.477 e. The molecule has 2 heterocycles. The monoisotopic (exact) mass is 542 g/mol. The van der Waals surface area contributed by atoms with Gasteiger partial charge in [0.2, 0.25) is 5.91 Å². The maximum Gasteiger partial charge on any atom is 0.352 e. The van der Waals surface area contributed by atoms with Gasteiger partial charge in [-0.05, 0) is 34.6 Å². The molecule has 2 aromatic carbocycles. The number of nitrogens with one attached hydrogen (secondary N) is 1. The van der Waals surface area contributed by atoms with Crippen molar-refractivity contribution in [1.82, 2.24) is 10.2 Å². The third-order valence-electron chi connectivity index (χ3n) is 6.45. The number of likely N-dealkylation sites (N-methyl/N-ethyl adjacent to an activating group) is 1. The van der Waals surface area contributed by atoms with Crippen LogP contribution in [0.2, 0.25) is 0 Å². The number of aliphatic carboxylic acids is 1. The number of hydrogen-bond donors (Lipinski definition) is 3. The number of thioether (sulfide) groups is 2. The van der Waals surface area contributed by atoms with Crippen molar-refractivity contribution in [3.63, 3.8) is 0 Å². The number of aliphatic hydroxyl groups excluding tert-OH is 1. The summed E-state index contributed by atoms with van der Waals surface area (Å²) in [5.41, 5.74) is 0.572. The summed E-state index contributed by atoms with van der Waals surface area (Å²) >= 11 is 2.86. The molecule has 2 aliphatic rings. The van der Waals surface area contributed by atoms with E-state index in [1.165, 1.54) is 28.4 Å². The number of quaternary nitrogens is 1. The van der Waals surface area contributed by atoms with Crippen molar-refractivity contribution in [3.05, 3.63) is 65.9 Å². The zero-order valence-electron chi connectivity index (χ0n) is 20.9. The van der Waals surface area contributed by atoms with E-state index in [4.69, 9.17) is 5.11 Å². The Balaban J connectivity index is 1.36. The van der Waals surface area contributed by atoms with Gasteiger partial charge < -0.3 is 20.0 Å². The van der Waals surface area contributed by atoms with E-state index in [2.05, 4.69) is 5.32 Å². The maximum atomic E-state index is 12.9. The van der Waals surface area contributed by atoms with E-state index in [-0.39, 0.29) is 24.0 Å². The van der Waals surface area contributed by atoms with Crippen LogP contribution in [0, 0.1) is 0 Å². The van der Waals surface area contributed by atoms with Crippen LogP contribution in [0.5, 0.6) is 0 Å². The Bertz CT molecular complexity index is 1260. The maximum absolute atomic E-state index is 12.9. The first kappa shape index (κ1) is 27.3. The molecule has 2 amide bonds. The van der Waals surface area contributed by atoms with Gasteiger partial charge in [-0.2, -0.15) is 0 Å². The van der Waals surface area contributed by atoms with Gasteiger partial charge >= 0.3 is 5.97 Å². The number of carbonyl (C=O) groups is 3. The molecule has 0 bridgehead atoms. The highest BCUT2D eigenvalue weighted by molar-refractivity contribution is 8.00. The molecular weight excluding hydrogens is 510 g/mol. The second-order valence-electron chi connectivity index (χ2n) is 9.75. The van der Waals surface area contributed by atoms with Crippen molar-refractivity contribution in [2.24, 2.45) is 0 Å². The van der Waals surface area contributed by atoms with E-state index in [1.807, 2.05) is 62.6 Å². The lowest BCUT2D eigenvalue weighted by Gasteiger charge is -2.49. The summed E-state index contributed by atoms with van der Waals surface area (Å²) < 4.78 is 0.663. The number of aliphatic hydroxyl groups is 1. The predicted octanol–water partition coefficient (Wildman–Crippen LogP) is 2.69. The third kappa shape index (κ3) is 6.38. The minimum Gasteiger partial charge on any atom is -0.477 e. The lowest BCUT2D eigenvalue weighted by Crippen LogP contribution is -2.70. The van der Waals surface area contributed by atoms with Crippen LogP contribution in [-0.2, 0) is 14.4 Å². The molecule has 0 aromatic heterocycles. The summed E-state index contributed by atoms with van der Waals surface area (Å²) in [7, 11) is 4.09. The van der Waals surface area contributed by atoms with Crippen molar-refractivity contribution in [2.45, 2.75) is 22.7 Å². The normalized spacial score (nSPS) is 19.8. The molecule has 0 unspecified atom stereocenters. The van der Waals surface area contributed by atoms with E-state index in [1.54, 1.807) is 6.08 Å². The Labute approximate surface area is 225 Å². The van der Waals surface area contributed by atoms with Crippen molar-refractivity contribution in [2.75, 3.05) is 45.3 Å². The molecular formula is C27H32N3O5S2+. The number of amides is 2. The number of rotatable bonds is 11. The van der Waals surface area contributed by atoms with E-state index in [0.29, 0.717) is 28.8 Å². The molecule has 2 aliphatic heterocycles. The Hall–Kier alpha value is -2.79. The average molecular weight is 543 g/mol. The zero-order chi connectivity index (χ0) is 26.6. The number of fused-ring (bicyclic) bond motifs is 2. The van der Waals surface area contributed by atoms with Crippen molar-refractivity contribution in [3.8, 4) is 0 Å². The second kappa shape index (κ2) is 11.7. The van der Waals surface area contributed by atoms with Crippen molar-refractivity contribution >= 4 is 52.1 Å². The molecule has 196 valence electrons. The summed E-state index contributed by atoms with van der Waals surface area (Å²) in [4.78, 5) is 39.9. The highest BCUT2D eigenvalue weighted by atomic mass is 32.2. The molecule has 0 spiro atoms. The lowest BCUT2D eigenvalue weighted by molar-refractivity contribution is -0.884. The molecule has 1 saturated heterocycles. The first-order chi connectivity index (χ1) is 17.7. The molecule has 8 nitrogen and oxygen atoms in total. The van der Waals surface area contributed by atoms with Gasteiger partial charge in [-0.1, -0.05) is 36.4 Å². The number of carboxylic acid groups (broad SMARTS) is 1. The lowest BCUT2D eigenvalue weighted by atomic mass is 10.0. The number of nitrogens with zero attached hydrogens (tertiary/aromatic N) is 2. The number of allylic oxidation sites excluding steroid dienone is 1. The fraction of sp³-hybridized carbons (Fsp3) is 0.370. The fourth-order valence-corrected chi connectivity index (χ4v) is 6.54. The minimum atomic E-state index is -1.15. The number of carboxylic acids is 1. The Kier molecular flexibility index (Phi) is 8.63. The highest BCUT2D eigenvalue weighted by Crippen LogP contribution is 2.40. The second-order valence-corrected chi connectivity index (χ2v) is 11.9. The van der Waals surface area contributed by atoms with Crippen LogP contribution in [0.25, 0.3) is 10.8 Å². The molecule has 37 heavy (non-hydrogen) atoms. The summed E-state index contributed by atoms with van der Waals surface area (Å²) in [5, 5.41) is 23.5. The quantitative estimate of drug-likeness (QED) is 0.228. The molecule has 1 fully saturated rings. The van der Waals surface area contributed by atoms with E-state index < -0.39 is 23.3 Å². The summed E-state index contributed by atoms with van der Waals surface area (Å²) in [6, 6.07) is 13.3. The summed E-state index contributed by atoms with van der Waals surface area (Å²) in [6.45, 7) is 1.61. The Morgan fingerprint density at radius 2 is 1.97 bits per heavy atom. The molecule has 3 N–H and O–H groups in total. The van der Waals surface area contributed by atoms with Gasteiger partial charge in [0.05, 0.1) is 32.9 Å². The van der Waals surface area contributed by atoms with Crippen LogP contribution in [0.15, 0.2) is 70.8 Å². The van der Waals surface area contributed by atoms with Gasteiger partial charge in [0.1, 0.15) is 17.1 Å². The van der Waals surface area contributed by atoms with Crippen molar-refractivity contribution < 1.29 is 29.1 Å². The van der Waals surface area contributed by atoms with Crippen LogP contribution in [0.1, 0.15) is 6.42 Å². The average Bonchev–Trinajstić information content (AvgIpc) is 2.88. The number of hydrogen-bond acceptors (Lipinski definition) is 6. The summed E-state index contributed by atoms with van der Waals surface area (Å²) in [5.74, 6) is -1.20. The van der Waals surface area contributed by atoms with E-state index in [9.17, 15) is 19.5 Å². The Morgan fingerprint density at radius 1 is 1.22 bits per heavy atom. The Morgan fingerprint density at radius 3 is 2.70 bits per heavy atom. The third-order valence-corrected chi connectivity index (χ3v) is 8.74. The van der Waals surface area contributed by atoms with Gasteiger partial charge in [0, 0.05) is 23.7 Å². The van der Waals surface area contributed by atoms with Gasteiger partial charge in [-0.25, -0.2) is 4.79 Å². The molecule has 0 saturated carbocycles. The highest BCUT2D eigenvalue weighted by Gasteiger charge is 2.53. The predicted molar refractivity (Wildman–Crippen MR) is 147 cm³/mol. The van der Waals surface area contributed by atoms with Gasteiger partial charge in [-0.3, -0.25) is 14.5 Å². The summed E-state index contributed by atoms with van der Waals surface area (Å²) in [6.07, 6.45) is 4.40. The van der Waals surface area contributed by atoms with Crippen LogP contribution >= 0.6 is 23.5 Å². The smallest absolute Gasteiger partial charge is 0.352 e. The van der Waals surface area contributed by atoms with Crippen LogP contribution < -0.4 is 5.32 Å². The SMILES string of the molecule is C[N+](C)(C/C=C/C1=C(C(=O)O)N2C(=O)[C@@H](NC(=O)CSc3ccc4ccccc4c3)[C@H]2SC1)CCCO. The first-order valence-corrected chi connectivity index (χ1v) is 14.1. The van der Waals surface area contributed by atoms with Crippen molar-refractivity contribution in [1.29, 1.82) is 0 Å². The van der Waals surface area contributed by atoms with Crippen LogP contribution in [0.3, 0.4) is 0 Å². The topological polar surface area (TPSA) is 107 Å². The van der Waals surface area contributed by atoms with E-state index >= 15 is 0 Å². The first-order valence-electron chi connectivity index (χ1n) is 12.1. The van der Waals surface area contributed by atoms with Crippen LogP contribution in [-0.4, -0.2) is 94.1 Å². The molecule has 0 aliphatic carbocycles. The molecule has 4 rings (SSSR count). The van der Waals surface area contributed by atoms with Crippen LogP contribution in [0.4, 0.5) is 0 Å². The standard InChI is InChI=1S/C27H31N3O5S2/c1-30(2,13-6-14-31)12-5-9-20-16-37-26-23(25(33)29(26)24(20)27(34)35)28-22(32)17-36-21-11-10-18-7-3-4-8-19(18)15-21/h3-5,7-11,15,23,26,31H,6,12-14,16-17H2,1-2H3,(H-,28,32,34,35)/p+1/b9-5+/t23-,26-/m1/s1. The van der Waals surface area contributed by atoms with E-state index in [0.717, 1.165) is 22.2 Å². The molecule has 0 radical (unpaired) electrons. The number of β-lactam (4-membered cyclic amide) rings is 1. The molecule has 10 heteroatoms. The van der Waals surface area contributed by atoms with Gasteiger partial charge in [-0.15, -0.1) is 23.5 Å². The fourth-order valence-electron chi connectivity index (χ4n) is 4.46. The zero-order valence-corrected chi connectivity index (χ0v) is 22.6. The van der Waals surface area contributed by atoms with Gasteiger partial charge in [0.25, 0.3) is 5.91 Å². The minimum absolute atomic E-state index is 0.0123.